The highest BCUT2D eigenvalue weighted by Gasteiger charge is 2.02. The summed E-state index contributed by atoms with van der Waals surface area (Å²) < 4.78 is 4.58. The zero-order valence-corrected chi connectivity index (χ0v) is 9.64. The standard InChI is InChI=1S/C13H14N2O2/c1-17-13(16)7-9-15-12-6-2-5-11-10(12)4-3-8-14-11/h2-6,8,15H,7,9H2,1H3. The summed E-state index contributed by atoms with van der Waals surface area (Å²) in [4.78, 5) is 15.3. The molecule has 1 heterocycles. The Kier molecular flexibility index (Phi) is 3.55. The van der Waals surface area contributed by atoms with Gasteiger partial charge in [0.25, 0.3) is 0 Å². The molecule has 17 heavy (non-hydrogen) atoms. The lowest BCUT2D eigenvalue weighted by atomic mass is 10.2. The molecule has 0 amide bonds. The number of fused-ring (bicyclic) bond motifs is 1. The number of hydrogen-bond donors (Lipinski definition) is 1. The molecule has 0 aliphatic rings. The summed E-state index contributed by atoms with van der Waals surface area (Å²) >= 11 is 0. The van der Waals surface area contributed by atoms with Crippen molar-refractivity contribution in [3.05, 3.63) is 36.5 Å². The Morgan fingerprint density at radius 1 is 1.35 bits per heavy atom. The Morgan fingerprint density at radius 3 is 3.06 bits per heavy atom. The van der Waals surface area contributed by atoms with E-state index < -0.39 is 0 Å². The SMILES string of the molecule is COC(=O)CCNc1cccc2ncccc12. The van der Waals surface area contributed by atoms with Crippen LogP contribution >= 0.6 is 0 Å². The third-order valence-corrected chi connectivity index (χ3v) is 2.52. The van der Waals surface area contributed by atoms with Crippen molar-refractivity contribution in [3.63, 3.8) is 0 Å². The molecule has 0 saturated carbocycles. The van der Waals surface area contributed by atoms with E-state index in [0.717, 1.165) is 16.6 Å². The van der Waals surface area contributed by atoms with E-state index in [2.05, 4.69) is 15.0 Å². The number of rotatable bonds is 4. The first-order valence-corrected chi connectivity index (χ1v) is 5.45. The summed E-state index contributed by atoms with van der Waals surface area (Å²) in [5.74, 6) is -0.212. The number of aromatic nitrogens is 1. The Labute approximate surface area is 99.6 Å². The Balaban J connectivity index is 2.11. The largest absolute Gasteiger partial charge is 0.469 e. The summed E-state index contributed by atoms with van der Waals surface area (Å²) in [5, 5.41) is 4.27. The molecule has 1 aromatic heterocycles. The minimum absolute atomic E-state index is 0.212. The fourth-order valence-electron chi connectivity index (χ4n) is 1.66. The highest BCUT2D eigenvalue weighted by molar-refractivity contribution is 5.91. The Morgan fingerprint density at radius 2 is 2.24 bits per heavy atom. The number of anilines is 1. The first-order valence-electron chi connectivity index (χ1n) is 5.45. The van der Waals surface area contributed by atoms with Crippen molar-refractivity contribution in [2.24, 2.45) is 0 Å². The average Bonchev–Trinajstić information content (AvgIpc) is 2.39. The molecule has 0 atom stereocenters. The van der Waals surface area contributed by atoms with Gasteiger partial charge in [0.1, 0.15) is 0 Å². The number of esters is 1. The van der Waals surface area contributed by atoms with Gasteiger partial charge >= 0.3 is 5.97 Å². The molecule has 2 rings (SSSR count). The van der Waals surface area contributed by atoms with Gasteiger partial charge < -0.3 is 10.1 Å². The zero-order chi connectivity index (χ0) is 12.1. The summed E-state index contributed by atoms with van der Waals surface area (Å²) in [6.45, 7) is 0.556. The van der Waals surface area contributed by atoms with Crippen LogP contribution in [0.25, 0.3) is 10.9 Å². The van der Waals surface area contributed by atoms with Gasteiger partial charge in [-0.1, -0.05) is 6.07 Å². The Hall–Kier alpha value is -2.10. The predicted octanol–water partition coefficient (Wildman–Crippen LogP) is 2.21. The van der Waals surface area contributed by atoms with Crippen molar-refractivity contribution < 1.29 is 9.53 Å². The van der Waals surface area contributed by atoms with Gasteiger partial charge in [0.05, 0.1) is 19.0 Å². The molecule has 4 nitrogen and oxygen atoms in total. The van der Waals surface area contributed by atoms with E-state index >= 15 is 0 Å². The van der Waals surface area contributed by atoms with Gasteiger partial charge in [-0.3, -0.25) is 9.78 Å². The smallest absolute Gasteiger partial charge is 0.307 e. The maximum atomic E-state index is 11.0. The number of carbonyl (C=O) groups is 1. The zero-order valence-electron chi connectivity index (χ0n) is 9.64. The molecule has 0 aliphatic heterocycles. The van der Waals surface area contributed by atoms with Crippen LogP contribution in [0.5, 0.6) is 0 Å². The molecular weight excluding hydrogens is 216 g/mol. The van der Waals surface area contributed by atoms with Crippen molar-refractivity contribution in [2.75, 3.05) is 19.0 Å². The highest BCUT2D eigenvalue weighted by atomic mass is 16.5. The highest BCUT2D eigenvalue weighted by Crippen LogP contribution is 2.20. The second-order valence-electron chi connectivity index (χ2n) is 3.63. The summed E-state index contributed by atoms with van der Waals surface area (Å²) in [6, 6.07) is 9.77. The molecule has 4 heteroatoms. The van der Waals surface area contributed by atoms with Crippen LogP contribution in [-0.4, -0.2) is 24.6 Å². The number of nitrogens with one attached hydrogen (secondary N) is 1. The van der Waals surface area contributed by atoms with Crippen LogP contribution in [0.2, 0.25) is 0 Å². The van der Waals surface area contributed by atoms with Crippen molar-refractivity contribution in [3.8, 4) is 0 Å². The number of pyridine rings is 1. The minimum Gasteiger partial charge on any atom is -0.469 e. The van der Waals surface area contributed by atoms with E-state index in [1.807, 2.05) is 30.3 Å². The van der Waals surface area contributed by atoms with Crippen LogP contribution in [0, 0.1) is 0 Å². The molecule has 0 unspecified atom stereocenters. The van der Waals surface area contributed by atoms with Crippen LogP contribution < -0.4 is 5.32 Å². The number of carbonyl (C=O) groups excluding carboxylic acids is 1. The molecule has 0 radical (unpaired) electrons. The van der Waals surface area contributed by atoms with Gasteiger partial charge in [-0.25, -0.2) is 0 Å². The monoisotopic (exact) mass is 230 g/mol. The number of nitrogens with zero attached hydrogens (tertiary/aromatic N) is 1. The maximum absolute atomic E-state index is 11.0. The predicted molar refractivity (Wildman–Crippen MR) is 66.9 cm³/mol. The van der Waals surface area contributed by atoms with Crippen molar-refractivity contribution >= 4 is 22.6 Å². The first kappa shape index (κ1) is 11.4. The van der Waals surface area contributed by atoms with Crippen LogP contribution in [0.1, 0.15) is 6.42 Å². The second kappa shape index (κ2) is 5.30. The fourth-order valence-corrected chi connectivity index (χ4v) is 1.66. The van der Waals surface area contributed by atoms with Gasteiger partial charge in [-0.2, -0.15) is 0 Å². The van der Waals surface area contributed by atoms with E-state index in [0.29, 0.717) is 13.0 Å². The average molecular weight is 230 g/mol. The maximum Gasteiger partial charge on any atom is 0.307 e. The van der Waals surface area contributed by atoms with Crippen LogP contribution in [0.15, 0.2) is 36.5 Å². The lowest BCUT2D eigenvalue weighted by Crippen LogP contribution is -2.09. The lowest BCUT2D eigenvalue weighted by molar-refractivity contribution is -0.140. The molecule has 1 N–H and O–H groups in total. The minimum atomic E-state index is -0.212. The lowest BCUT2D eigenvalue weighted by Gasteiger charge is -2.08. The Bertz CT molecular complexity index is 520. The third kappa shape index (κ3) is 2.72. The molecule has 0 spiro atoms. The van der Waals surface area contributed by atoms with Crippen molar-refractivity contribution in [2.45, 2.75) is 6.42 Å². The van der Waals surface area contributed by atoms with Crippen molar-refractivity contribution in [1.29, 1.82) is 0 Å². The van der Waals surface area contributed by atoms with E-state index in [1.54, 1.807) is 6.20 Å². The molecule has 88 valence electrons. The number of ether oxygens (including phenoxy) is 1. The van der Waals surface area contributed by atoms with Crippen LogP contribution in [-0.2, 0) is 9.53 Å². The van der Waals surface area contributed by atoms with Crippen LogP contribution in [0.3, 0.4) is 0 Å². The fraction of sp³-hybridized carbons (Fsp3) is 0.231. The van der Waals surface area contributed by atoms with Crippen molar-refractivity contribution in [1.82, 2.24) is 4.98 Å². The first-order chi connectivity index (χ1) is 8.31. The summed E-state index contributed by atoms with van der Waals surface area (Å²) in [7, 11) is 1.39. The van der Waals surface area contributed by atoms with Gasteiger partial charge in [-0.05, 0) is 24.3 Å². The molecule has 1 aromatic carbocycles. The topological polar surface area (TPSA) is 51.2 Å². The molecule has 0 bridgehead atoms. The number of methoxy groups -OCH3 is 1. The van der Waals surface area contributed by atoms with E-state index in [4.69, 9.17) is 0 Å². The molecule has 0 fully saturated rings. The number of benzene rings is 1. The molecular formula is C13H14N2O2. The van der Waals surface area contributed by atoms with Gasteiger partial charge in [0, 0.05) is 23.8 Å². The molecule has 2 aromatic rings. The van der Waals surface area contributed by atoms with Crippen LogP contribution in [0.4, 0.5) is 5.69 Å². The quantitative estimate of drug-likeness (QED) is 0.818. The third-order valence-electron chi connectivity index (χ3n) is 2.52. The van der Waals surface area contributed by atoms with Gasteiger partial charge in [0.2, 0.25) is 0 Å². The second-order valence-corrected chi connectivity index (χ2v) is 3.63. The summed E-state index contributed by atoms with van der Waals surface area (Å²) in [6.07, 6.45) is 2.12. The molecule has 0 saturated heterocycles. The number of hydrogen-bond acceptors (Lipinski definition) is 4. The normalized spacial score (nSPS) is 10.2. The summed E-state index contributed by atoms with van der Waals surface area (Å²) in [5.41, 5.74) is 1.93. The van der Waals surface area contributed by atoms with Gasteiger partial charge in [-0.15, -0.1) is 0 Å². The molecule has 0 aliphatic carbocycles. The van der Waals surface area contributed by atoms with E-state index in [1.165, 1.54) is 7.11 Å². The van der Waals surface area contributed by atoms with E-state index in [9.17, 15) is 4.79 Å². The van der Waals surface area contributed by atoms with Gasteiger partial charge in [0.15, 0.2) is 0 Å². The van der Waals surface area contributed by atoms with E-state index in [-0.39, 0.29) is 5.97 Å².